The number of hydrogen-bond donors (Lipinski definition) is 1. The first-order valence-electron chi connectivity index (χ1n) is 8.97. The molecule has 132 valence electrons. The zero-order valence-corrected chi connectivity index (χ0v) is 15.1. The van der Waals surface area contributed by atoms with E-state index in [1.807, 2.05) is 23.1 Å². The van der Waals surface area contributed by atoms with E-state index >= 15 is 0 Å². The molecule has 3 rings (SSSR count). The van der Waals surface area contributed by atoms with E-state index in [1.165, 1.54) is 11.1 Å². The predicted octanol–water partition coefficient (Wildman–Crippen LogP) is 3.59. The van der Waals surface area contributed by atoms with Crippen molar-refractivity contribution in [2.75, 3.05) is 27.2 Å². The van der Waals surface area contributed by atoms with E-state index < -0.39 is 0 Å². The third kappa shape index (κ3) is 4.60. The van der Waals surface area contributed by atoms with Crippen LogP contribution in [0, 0.1) is 0 Å². The van der Waals surface area contributed by atoms with Gasteiger partial charge in [0.1, 0.15) is 0 Å². The van der Waals surface area contributed by atoms with E-state index in [9.17, 15) is 4.79 Å². The smallest absolute Gasteiger partial charge is 0.317 e. The lowest BCUT2D eigenvalue weighted by Crippen LogP contribution is -2.50. The Balaban J connectivity index is 1.54. The van der Waals surface area contributed by atoms with E-state index in [2.05, 4.69) is 60.7 Å². The molecular weight excluding hydrogens is 310 g/mol. The van der Waals surface area contributed by atoms with Gasteiger partial charge in [-0.1, -0.05) is 54.6 Å². The molecule has 0 radical (unpaired) electrons. The van der Waals surface area contributed by atoms with E-state index in [0.29, 0.717) is 12.6 Å². The molecule has 1 N–H and O–H groups in total. The average molecular weight is 337 g/mol. The molecule has 1 atom stereocenters. The first-order chi connectivity index (χ1) is 12.1. The third-order valence-corrected chi connectivity index (χ3v) is 4.92. The maximum absolute atomic E-state index is 12.4. The summed E-state index contributed by atoms with van der Waals surface area (Å²) >= 11 is 0. The van der Waals surface area contributed by atoms with Crippen LogP contribution in [0.15, 0.2) is 54.6 Å². The highest BCUT2D eigenvalue weighted by Crippen LogP contribution is 2.19. The fourth-order valence-corrected chi connectivity index (χ4v) is 3.30. The summed E-state index contributed by atoms with van der Waals surface area (Å²) in [4.78, 5) is 16.6. The Kier molecular flexibility index (Phi) is 5.71. The van der Waals surface area contributed by atoms with Crippen LogP contribution in [0.25, 0.3) is 11.1 Å². The van der Waals surface area contributed by atoms with Gasteiger partial charge in [0, 0.05) is 25.7 Å². The molecule has 4 heteroatoms. The van der Waals surface area contributed by atoms with Crippen molar-refractivity contribution in [1.29, 1.82) is 0 Å². The fourth-order valence-electron chi connectivity index (χ4n) is 3.30. The number of rotatable bonds is 4. The van der Waals surface area contributed by atoms with Gasteiger partial charge in [0.15, 0.2) is 0 Å². The molecular formula is C21H27N3O. The molecule has 1 aliphatic heterocycles. The van der Waals surface area contributed by atoms with E-state index in [-0.39, 0.29) is 6.03 Å². The molecule has 0 saturated carbocycles. The first-order valence-corrected chi connectivity index (χ1v) is 8.97. The highest BCUT2D eigenvalue weighted by atomic mass is 16.2. The van der Waals surface area contributed by atoms with Gasteiger partial charge in [0.05, 0.1) is 0 Å². The fraction of sp³-hybridized carbons (Fsp3) is 0.381. The van der Waals surface area contributed by atoms with Crippen LogP contribution in [-0.4, -0.2) is 49.1 Å². The Bertz CT molecular complexity index is 682. The Hall–Kier alpha value is -2.33. The minimum atomic E-state index is 0.0404. The van der Waals surface area contributed by atoms with Gasteiger partial charge in [-0.05, 0) is 43.6 Å². The standard InChI is InChI=1S/C21H27N3O/c1-23(2)20-9-6-14-24(16-20)21(25)22-15-17-10-12-19(13-11-17)18-7-4-3-5-8-18/h3-5,7-8,10-13,20H,6,9,14-16H2,1-2H3,(H,22,25). The van der Waals surface area contributed by atoms with Crippen LogP contribution < -0.4 is 5.32 Å². The van der Waals surface area contributed by atoms with Crippen LogP contribution in [0.4, 0.5) is 4.79 Å². The highest BCUT2D eigenvalue weighted by molar-refractivity contribution is 5.74. The number of likely N-dealkylation sites (tertiary alicyclic amines) is 1. The molecule has 0 aliphatic carbocycles. The third-order valence-electron chi connectivity index (χ3n) is 4.92. The van der Waals surface area contributed by atoms with Gasteiger partial charge >= 0.3 is 6.03 Å². The highest BCUT2D eigenvalue weighted by Gasteiger charge is 2.24. The summed E-state index contributed by atoms with van der Waals surface area (Å²) in [5.74, 6) is 0. The largest absolute Gasteiger partial charge is 0.334 e. The molecule has 1 saturated heterocycles. The van der Waals surface area contributed by atoms with Gasteiger partial charge in [-0.3, -0.25) is 0 Å². The minimum Gasteiger partial charge on any atom is -0.334 e. The summed E-state index contributed by atoms with van der Waals surface area (Å²) in [6.07, 6.45) is 2.24. The van der Waals surface area contributed by atoms with Crippen LogP contribution >= 0.6 is 0 Å². The summed E-state index contributed by atoms with van der Waals surface area (Å²) in [5, 5.41) is 3.06. The first kappa shape index (κ1) is 17.5. The maximum Gasteiger partial charge on any atom is 0.317 e. The minimum absolute atomic E-state index is 0.0404. The van der Waals surface area contributed by atoms with Crippen LogP contribution in [0.3, 0.4) is 0 Å². The van der Waals surface area contributed by atoms with Crippen LogP contribution in [0.2, 0.25) is 0 Å². The van der Waals surface area contributed by atoms with Crippen molar-refractivity contribution in [1.82, 2.24) is 15.1 Å². The van der Waals surface area contributed by atoms with E-state index in [1.54, 1.807) is 0 Å². The number of carbonyl (C=O) groups excluding carboxylic acids is 1. The molecule has 0 spiro atoms. The zero-order chi connectivity index (χ0) is 17.6. The Morgan fingerprint density at radius 1 is 1.08 bits per heavy atom. The summed E-state index contributed by atoms with van der Waals surface area (Å²) in [6.45, 7) is 2.23. The lowest BCUT2D eigenvalue weighted by atomic mass is 10.0. The molecule has 1 fully saturated rings. The second kappa shape index (κ2) is 8.17. The average Bonchev–Trinajstić information content (AvgIpc) is 2.67. The quantitative estimate of drug-likeness (QED) is 0.925. The number of amides is 2. The number of nitrogens with one attached hydrogen (secondary N) is 1. The van der Waals surface area contributed by atoms with Gasteiger partial charge in [-0.25, -0.2) is 4.79 Å². The number of piperidine rings is 1. The van der Waals surface area contributed by atoms with Crippen LogP contribution in [0.5, 0.6) is 0 Å². The van der Waals surface area contributed by atoms with Crippen molar-refractivity contribution in [3.8, 4) is 11.1 Å². The Morgan fingerprint density at radius 3 is 2.44 bits per heavy atom. The van der Waals surface area contributed by atoms with Crippen molar-refractivity contribution in [2.45, 2.75) is 25.4 Å². The summed E-state index contributed by atoms with van der Waals surface area (Å²) in [5.41, 5.74) is 3.52. The SMILES string of the molecule is CN(C)C1CCCN(C(=O)NCc2ccc(-c3ccccc3)cc2)C1. The van der Waals surface area contributed by atoms with Gasteiger partial charge in [0.2, 0.25) is 0 Å². The van der Waals surface area contributed by atoms with E-state index in [4.69, 9.17) is 0 Å². The van der Waals surface area contributed by atoms with Crippen molar-refractivity contribution in [2.24, 2.45) is 0 Å². The van der Waals surface area contributed by atoms with Crippen LogP contribution in [0.1, 0.15) is 18.4 Å². The number of carbonyl (C=O) groups is 1. The van der Waals surface area contributed by atoms with Crippen molar-refractivity contribution in [3.63, 3.8) is 0 Å². The summed E-state index contributed by atoms with van der Waals surface area (Å²) in [7, 11) is 4.17. The molecule has 25 heavy (non-hydrogen) atoms. The maximum atomic E-state index is 12.4. The lowest BCUT2D eigenvalue weighted by molar-refractivity contribution is 0.140. The molecule has 2 aromatic carbocycles. The number of benzene rings is 2. The molecule has 4 nitrogen and oxygen atoms in total. The molecule has 0 bridgehead atoms. The van der Waals surface area contributed by atoms with E-state index in [0.717, 1.165) is 31.5 Å². The molecule has 1 unspecified atom stereocenters. The topological polar surface area (TPSA) is 35.6 Å². The summed E-state index contributed by atoms with van der Waals surface area (Å²) < 4.78 is 0. The Labute approximate surface area is 150 Å². The van der Waals surface area contributed by atoms with Crippen molar-refractivity contribution < 1.29 is 4.79 Å². The van der Waals surface area contributed by atoms with Gasteiger partial charge in [-0.15, -0.1) is 0 Å². The van der Waals surface area contributed by atoms with Gasteiger partial charge in [-0.2, -0.15) is 0 Å². The zero-order valence-electron chi connectivity index (χ0n) is 15.1. The Morgan fingerprint density at radius 2 is 1.76 bits per heavy atom. The normalized spacial score (nSPS) is 17.6. The number of urea groups is 1. The van der Waals surface area contributed by atoms with Crippen LogP contribution in [-0.2, 0) is 6.54 Å². The number of nitrogens with zero attached hydrogens (tertiary/aromatic N) is 2. The second-order valence-corrected chi connectivity index (χ2v) is 6.93. The molecule has 2 amide bonds. The summed E-state index contributed by atoms with van der Waals surface area (Å²) in [6, 6.07) is 19.2. The second-order valence-electron chi connectivity index (χ2n) is 6.93. The van der Waals surface area contributed by atoms with Gasteiger partial charge in [0.25, 0.3) is 0 Å². The number of likely N-dealkylation sites (N-methyl/N-ethyl adjacent to an activating group) is 1. The van der Waals surface area contributed by atoms with Crippen molar-refractivity contribution in [3.05, 3.63) is 60.2 Å². The van der Waals surface area contributed by atoms with Gasteiger partial charge < -0.3 is 15.1 Å². The lowest BCUT2D eigenvalue weighted by Gasteiger charge is -2.36. The van der Waals surface area contributed by atoms with Crippen molar-refractivity contribution >= 4 is 6.03 Å². The molecule has 0 aromatic heterocycles. The molecule has 1 aliphatic rings. The molecule has 2 aromatic rings. The molecule has 1 heterocycles. The number of hydrogen-bond acceptors (Lipinski definition) is 2. The predicted molar refractivity (Wildman–Crippen MR) is 102 cm³/mol. The monoisotopic (exact) mass is 337 g/mol.